The van der Waals surface area contributed by atoms with Crippen molar-refractivity contribution < 1.29 is 15.1 Å². The predicted octanol–water partition coefficient (Wildman–Crippen LogP) is 2.00. The Morgan fingerprint density at radius 2 is 1.77 bits per heavy atom. The fraction of sp³-hybridized carbons (Fsp3) is 0.105. The van der Waals surface area contributed by atoms with E-state index in [1.807, 2.05) is 54.7 Å². The summed E-state index contributed by atoms with van der Waals surface area (Å²) in [5.74, 6) is -0.573. The highest BCUT2D eigenvalue weighted by atomic mass is 16.5. The second kappa shape index (κ2) is 8.19. The fourth-order valence-corrected chi connectivity index (χ4v) is 2.42. The number of hydroxylamine groups is 1. The number of benzene rings is 2. The lowest BCUT2D eigenvalue weighted by Gasteiger charge is -2.02. The van der Waals surface area contributed by atoms with Gasteiger partial charge in [0, 0.05) is 11.6 Å². The minimum atomic E-state index is -0.573. The molecule has 7 nitrogen and oxygen atoms in total. The number of hydrogen-bond donors (Lipinski definition) is 3. The van der Waals surface area contributed by atoms with E-state index >= 15 is 0 Å². The number of carbonyl (C=O) groups excluding carboxylic acids is 1. The molecular formula is C19H18N4O3. The number of amides is 1. The lowest BCUT2D eigenvalue weighted by atomic mass is 10.1. The van der Waals surface area contributed by atoms with E-state index in [-0.39, 0.29) is 6.61 Å². The first-order valence-electron chi connectivity index (χ1n) is 7.99. The van der Waals surface area contributed by atoms with E-state index in [2.05, 4.69) is 10.3 Å². The molecule has 0 unspecified atom stereocenters. The smallest absolute Gasteiger partial charge is 0.267 e. The van der Waals surface area contributed by atoms with Gasteiger partial charge in [-0.05, 0) is 22.8 Å². The minimum absolute atomic E-state index is 0.0167. The maximum atomic E-state index is 11.0. The van der Waals surface area contributed by atoms with Crippen LogP contribution in [0.3, 0.4) is 0 Å². The average molecular weight is 350 g/mol. The van der Waals surface area contributed by atoms with E-state index in [9.17, 15) is 4.79 Å². The summed E-state index contributed by atoms with van der Waals surface area (Å²) in [6.07, 6.45) is 4.73. The monoisotopic (exact) mass is 350 g/mol. The highest BCUT2D eigenvalue weighted by Gasteiger charge is 2.05. The van der Waals surface area contributed by atoms with E-state index in [0.717, 1.165) is 27.9 Å². The van der Waals surface area contributed by atoms with Crippen molar-refractivity contribution in [2.24, 2.45) is 0 Å². The molecule has 0 saturated carbocycles. The van der Waals surface area contributed by atoms with Crippen LogP contribution >= 0.6 is 0 Å². The highest BCUT2D eigenvalue weighted by Crippen LogP contribution is 2.17. The van der Waals surface area contributed by atoms with Crippen molar-refractivity contribution in [2.75, 3.05) is 0 Å². The van der Waals surface area contributed by atoms with Crippen LogP contribution in [0.25, 0.3) is 17.3 Å². The number of aromatic nitrogens is 3. The molecule has 1 aromatic heterocycles. The quantitative estimate of drug-likeness (QED) is 0.359. The largest absolute Gasteiger partial charge is 0.392 e. The SMILES string of the molecule is O=C(C=Cc1ccc(Cn2cc(-c3ccc(CO)cc3)nn2)cc1)NO. The zero-order chi connectivity index (χ0) is 18.4. The molecule has 0 radical (unpaired) electrons. The number of aliphatic hydroxyl groups excluding tert-OH is 1. The van der Waals surface area contributed by atoms with Crippen LogP contribution in [0.5, 0.6) is 0 Å². The summed E-state index contributed by atoms with van der Waals surface area (Å²) in [6, 6.07) is 15.2. The number of hydrogen-bond acceptors (Lipinski definition) is 5. The molecule has 3 rings (SSSR count). The topological polar surface area (TPSA) is 100 Å². The molecule has 0 bridgehead atoms. The molecule has 0 atom stereocenters. The van der Waals surface area contributed by atoms with E-state index in [1.165, 1.54) is 6.08 Å². The Bertz CT molecular complexity index is 899. The number of aliphatic hydroxyl groups is 1. The molecule has 132 valence electrons. The second-order valence-corrected chi connectivity index (χ2v) is 5.71. The zero-order valence-corrected chi connectivity index (χ0v) is 13.9. The Labute approximate surface area is 150 Å². The molecule has 26 heavy (non-hydrogen) atoms. The Hall–Kier alpha value is -3.29. The summed E-state index contributed by atoms with van der Waals surface area (Å²) < 4.78 is 1.75. The third-order valence-electron chi connectivity index (χ3n) is 3.83. The number of nitrogens with zero attached hydrogens (tertiary/aromatic N) is 3. The third-order valence-corrected chi connectivity index (χ3v) is 3.83. The maximum absolute atomic E-state index is 11.0. The van der Waals surface area contributed by atoms with Crippen LogP contribution in [0.15, 0.2) is 60.8 Å². The van der Waals surface area contributed by atoms with Gasteiger partial charge in [0.2, 0.25) is 0 Å². The van der Waals surface area contributed by atoms with Gasteiger partial charge in [0.05, 0.1) is 19.3 Å². The van der Waals surface area contributed by atoms with Gasteiger partial charge in [0.1, 0.15) is 5.69 Å². The summed E-state index contributed by atoms with van der Waals surface area (Å²) >= 11 is 0. The summed E-state index contributed by atoms with van der Waals surface area (Å²) in [7, 11) is 0. The van der Waals surface area contributed by atoms with Gasteiger partial charge in [-0.1, -0.05) is 53.7 Å². The molecule has 0 spiro atoms. The van der Waals surface area contributed by atoms with Crippen molar-refractivity contribution in [3.63, 3.8) is 0 Å². The number of carbonyl (C=O) groups is 1. The minimum Gasteiger partial charge on any atom is -0.392 e. The van der Waals surface area contributed by atoms with E-state index in [4.69, 9.17) is 10.3 Å². The van der Waals surface area contributed by atoms with Gasteiger partial charge in [0.25, 0.3) is 5.91 Å². The summed E-state index contributed by atoms with van der Waals surface area (Å²) in [4.78, 5) is 11.0. The van der Waals surface area contributed by atoms with Crippen LogP contribution in [-0.2, 0) is 17.9 Å². The Kier molecular flexibility index (Phi) is 5.52. The number of nitrogens with one attached hydrogen (secondary N) is 1. The maximum Gasteiger partial charge on any atom is 0.267 e. The van der Waals surface area contributed by atoms with Crippen molar-refractivity contribution in [2.45, 2.75) is 13.2 Å². The van der Waals surface area contributed by atoms with Crippen LogP contribution in [0.4, 0.5) is 0 Å². The summed E-state index contributed by atoms with van der Waals surface area (Å²) in [6.45, 7) is 0.589. The van der Waals surface area contributed by atoms with Crippen molar-refractivity contribution in [1.29, 1.82) is 0 Å². The predicted molar refractivity (Wildman–Crippen MR) is 95.9 cm³/mol. The van der Waals surface area contributed by atoms with Crippen molar-refractivity contribution in [3.8, 4) is 11.3 Å². The van der Waals surface area contributed by atoms with Crippen LogP contribution in [-0.4, -0.2) is 31.2 Å². The lowest BCUT2D eigenvalue weighted by molar-refractivity contribution is -0.124. The van der Waals surface area contributed by atoms with Crippen LogP contribution in [0.1, 0.15) is 16.7 Å². The van der Waals surface area contributed by atoms with Gasteiger partial charge in [-0.25, -0.2) is 10.2 Å². The van der Waals surface area contributed by atoms with Gasteiger partial charge in [0.15, 0.2) is 0 Å². The van der Waals surface area contributed by atoms with Crippen LogP contribution < -0.4 is 5.48 Å². The molecule has 1 amide bonds. The molecular weight excluding hydrogens is 332 g/mol. The Balaban J connectivity index is 1.67. The van der Waals surface area contributed by atoms with E-state index in [1.54, 1.807) is 16.2 Å². The molecule has 3 aromatic rings. The molecule has 0 aliphatic heterocycles. The summed E-state index contributed by atoms with van der Waals surface area (Å²) in [5.41, 5.74) is 6.00. The first-order valence-corrected chi connectivity index (χ1v) is 7.99. The molecule has 7 heteroatoms. The molecule has 2 aromatic carbocycles. The first-order chi connectivity index (χ1) is 12.7. The molecule has 0 fully saturated rings. The Morgan fingerprint density at radius 3 is 2.42 bits per heavy atom. The molecule has 3 N–H and O–H groups in total. The number of rotatable bonds is 6. The highest BCUT2D eigenvalue weighted by molar-refractivity contribution is 5.90. The molecule has 1 heterocycles. The average Bonchev–Trinajstić information content (AvgIpc) is 3.15. The molecule has 0 saturated heterocycles. The molecule has 0 aliphatic carbocycles. The van der Waals surface area contributed by atoms with Gasteiger partial charge in [-0.2, -0.15) is 0 Å². The van der Waals surface area contributed by atoms with Gasteiger partial charge in [-0.15, -0.1) is 5.10 Å². The first kappa shape index (κ1) is 17.5. The second-order valence-electron chi connectivity index (χ2n) is 5.71. The van der Waals surface area contributed by atoms with Crippen molar-refractivity contribution >= 4 is 12.0 Å². The van der Waals surface area contributed by atoms with E-state index in [0.29, 0.717) is 6.54 Å². The van der Waals surface area contributed by atoms with E-state index < -0.39 is 5.91 Å². The lowest BCUT2D eigenvalue weighted by Crippen LogP contribution is -2.14. The van der Waals surface area contributed by atoms with Crippen molar-refractivity contribution in [1.82, 2.24) is 20.5 Å². The van der Waals surface area contributed by atoms with Gasteiger partial charge in [-0.3, -0.25) is 10.0 Å². The van der Waals surface area contributed by atoms with Gasteiger partial charge < -0.3 is 5.11 Å². The van der Waals surface area contributed by atoms with Gasteiger partial charge >= 0.3 is 0 Å². The Morgan fingerprint density at radius 1 is 1.08 bits per heavy atom. The van der Waals surface area contributed by atoms with Crippen LogP contribution in [0, 0.1) is 0 Å². The standard InChI is InChI=1S/C19H18N4O3/c24-13-16-5-8-17(9-6-16)18-12-23(22-20-18)11-15-3-1-14(2-4-15)7-10-19(25)21-26/h1-10,12,24,26H,11,13H2,(H,21,25). The van der Waals surface area contributed by atoms with Crippen LogP contribution in [0.2, 0.25) is 0 Å². The van der Waals surface area contributed by atoms with Crippen molar-refractivity contribution in [3.05, 3.63) is 77.5 Å². The summed E-state index contributed by atoms with van der Waals surface area (Å²) in [5, 5.41) is 25.9. The molecule has 0 aliphatic rings. The fourth-order valence-electron chi connectivity index (χ4n) is 2.42. The normalized spacial score (nSPS) is 11.0. The zero-order valence-electron chi connectivity index (χ0n) is 13.9. The third kappa shape index (κ3) is 4.41.